The van der Waals surface area contributed by atoms with Crippen LogP contribution in [0.15, 0.2) is 83.1 Å². The first kappa shape index (κ1) is 25.0. The van der Waals surface area contributed by atoms with Gasteiger partial charge in [0.15, 0.2) is 5.13 Å². The fourth-order valence-electron chi connectivity index (χ4n) is 3.34. The number of aromatic nitrogens is 1. The monoisotopic (exact) mass is 521 g/mol. The predicted octanol–water partition coefficient (Wildman–Crippen LogP) is 7.53. The summed E-state index contributed by atoms with van der Waals surface area (Å²) in [7, 11) is 0. The van der Waals surface area contributed by atoms with Crippen molar-refractivity contribution in [3.05, 3.63) is 94.3 Å². The molecule has 0 aliphatic rings. The van der Waals surface area contributed by atoms with Crippen LogP contribution in [0.25, 0.3) is 11.3 Å². The average molecular weight is 522 g/mol. The number of thioether (sulfide) groups is 1. The molecular formula is C27H24ClN3O2S2. The van der Waals surface area contributed by atoms with Crippen molar-refractivity contribution in [2.45, 2.75) is 30.4 Å². The molecule has 0 aliphatic heterocycles. The lowest BCUT2D eigenvalue weighted by Gasteiger charge is -2.14. The van der Waals surface area contributed by atoms with Gasteiger partial charge in [-0.3, -0.25) is 9.59 Å². The number of thiazole rings is 1. The second-order valence-electron chi connectivity index (χ2n) is 7.90. The van der Waals surface area contributed by atoms with Crippen LogP contribution >= 0.6 is 34.7 Å². The van der Waals surface area contributed by atoms with Crippen LogP contribution in [-0.2, 0) is 4.79 Å². The third-order valence-corrected chi connectivity index (χ3v) is 7.55. The zero-order valence-corrected chi connectivity index (χ0v) is 21.6. The quantitative estimate of drug-likeness (QED) is 0.235. The van der Waals surface area contributed by atoms with Crippen molar-refractivity contribution in [3.63, 3.8) is 0 Å². The Morgan fingerprint density at radius 3 is 2.54 bits per heavy atom. The Morgan fingerprint density at radius 2 is 1.80 bits per heavy atom. The van der Waals surface area contributed by atoms with Gasteiger partial charge in [0, 0.05) is 32.1 Å². The summed E-state index contributed by atoms with van der Waals surface area (Å²) in [6.07, 6.45) is 0.645. The molecule has 0 saturated carbocycles. The maximum absolute atomic E-state index is 13.0. The van der Waals surface area contributed by atoms with Crippen molar-refractivity contribution in [1.82, 2.24) is 4.98 Å². The van der Waals surface area contributed by atoms with Crippen LogP contribution < -0.4 is 10.6 Å². The van der Waals surface area contributed by atoms with E-state index in [1.54, 1.807) is 24.3 Å². The maximum atomic E-state index is 13.0. The molecule has 0 spiro atoms. The molecule has 2 N–H and O–H groups in total. The number of anilines is 2. The van der Waals surface area contributed by atoms with Gasteiger partial charge >= 0.3 is 0 Å². The SMILES string of the molecule is CCC(Sc1cccc(NC(=O)c2cccc(Cl)c2)c1)C(=O)Nc1nc(-c2ccc(C)cc2)cs1. The topological polar surface area (TPSA) is 71.1 Å². The molecule has 178 valence electrons. The van der Waals surface area contributed by atoms with Crippen LogP contribution in [0.2, 0.25) is 5.02 Å². The molecule has 2 amide bonds. The molecule has 1 heterocycles. The molecule has 0 saturated heterocycles. The summed E-state index contributed by atoms with van der Waals surface area (Å²) in [5.41, 5.74) is 4.18. The van der Waals surface area contributed by atoms with E-state index in [1.165, 1.54) is 28.7 Å². The smallest absolute Gasteiger partial charge is 0.255 e. The van der Waals surface area contributed by atoms with Crippen LogP contribution in [0, 0.1) is 6.92 Å². The molecule has 35 heavy (non-hydrogen) atoms. The fraction of sp³-hybridized carbons (Fsp3) is 0.148. The number of halogens is 1. The second kappa shape index (κ2) is 11.5. The standard InChI is InChI=1S/C27H24ClN3O2S2/c1-3-24(26(33)31-27-30-23(16-34-27)18-12-10-17(2)11-13-18)35-22-9-5-8-21(15-22)29-25(32)19-6-4-7-20(28)14-19/h4-16,24H,3H2,1-2H3,(H,29,32)(H,30,31,33). The zero-order chi connectivity index (χ0) is 24.8. The maximum Gasteiger partial charge on any atom is 0.255 e. The van der Waals surface area contributed by atoms with Gasteiger partial charge in [0.1, 0.15) is 0 Å². The van der Waals surface area contributed by atoms with Crippen LogP contribution in [0.5, 0.6) is 0 Å². The number of rotatable bonds is 8. The number of carbonyl (C=O) groups is 2. The Balaban J connectivity index is 1.39. The Morgan fingerprint density at radius 1 is 1.03 bits per heavy atom. The molecule has 1 aromatic heterocycles. The summed E-state index contributed by atoms with van der Waals surface area (Å²) in [6, 6.07) is 22.4. The van der Waals surface area contributed by atoms with E-state index in [1.807, 2.05) is 67.8 Å². The van der Waals surface area contributed by atoms with Crippen LogP contribution in [0.1, 0.15) is 29.3 Å². The van der Waals surface area contributed by atoms with Crippen LogP contribution in [0.3, 0.4) is 0 Å². The van der Waals surface area contributed by atoms with Gasteiger partial charge in [-0.2, -0.15) is 0 Å². The average Bonchev–Trinajstić information content (AvgIpc) is 3.31. The Hall–Kier alpha value is -3.13. The number of carbonyl (C=O) groups excluding carboxylic acids is 2. The molecule has 8 heteroatoms. The van der Waals surface area contributed by atoms with E-state index >= 15 is 0 Å². The first-order valence-corrected chi connectivity index (χ1v) is 13.2. The van der Waals surface area contributed by atoms with Gasteiger partial charge in [0.2, 0.25) is 5.91 Å². The highest BCUT2D eigenvalue weighted by Gasteiger charge is 2.20. The van der Waals surface area contributed by atoms with Crippen molar-refractivity contribution in [2.24, 2.45) is 0 Å². The van der Waals surface area contributed by atoms with Crippen LogP contribution in [0.4, 0.5) is 10.8 Å². The van der Waals surface area contributed by atoms with Gasteiger partial charge in [0.25, 0.3) is 5.91 Å². The summed E-state index contributed by atoms with van der Waals surface area (Å²) in [5, 5.41) is 8.56. The van der Waals surface area contributed by atoms with Gasteiger partial charge < -0.3 is 10.6 Å². The normalized spacial score (nSPS) is 11.6. The summed E-state index contributed by atoms with van der Waals surface area (Å²) in [6.45, 7) is 4.02. The van der Waals surface area contributed by atoms with E-state index in [-0.39, 0.29) is 17.1 Å². The van der Waals surface area contributed by atoms with Gasteiger partial charge in [0.05, 0.1) is 10.9 Å². The minimum absolute atomic E-state index is 0.101. The van der Waals surface area contributed by atoms with Crippen LogP contribution in [-0.4, -0.2) is 22.0 Å². The summed E-state index contributed by atoms with van der Waals surface area (Å²) in [5.74, 6) is -0.344. The number of aryl methyl sites for hydroxylation is 1. The van der Waals surface area contributed by atoms with E-state index in [4.69, 9.17) is 11.6 Å². The largest absolute Gasteiger partial charge is 0.322 e. The van der Waals surface area contributed by atoms with Crippen molar-refractivity contribution in [3.8, 4) is 11.3 Å². The number of nitrogens with one attached hydrogen (secondary N) is 2. The molecule has 3 aromatic carbocycles. The Bertz CT molecular complexity index is 1340. The molecule has 4 aromatic rings. The van der Waals surface area contributed by atoms with Crippen molar-refractivity contribution < 1.29 is 9.59 Å². The minimum Gasteiger partial charge on any atom is -0.322 e. The highest BCUT2D eigenvalue weighted by molar-refractivity contribution is 8.00. The Kier molecular flexibility index (Phi) is 8.23. The number of hydrogen-bond donors (Lipinski definition) is 2. The number of nitrogens with zero attached hydrogens (tertiary/aromatic N) is 1. The summed E-state index contributed by atoms with van der Waals surface area (Å²) in [4.78, 5) is 31.0. The molecule has 1 unspecified atom stereocenters. The van der Waals surface area contributed by atoms with Crippen molar-refractivity contribution in [2.75, 3.05) is 10.6 Å². The van der Waals surface area contributed by atoms with E-state index in [0.717, 1.165) is 16.2 Å². The Labute approximate surface area is 218 Å². The highest BCUT2D eigenvalue weighted by Crippen LogP contribution is 2.30. The van der Waals surface area contributed by atoms with E-state index < -0.39 is 0 Å². The molecule has 1 atom stereocenters. The summed E-state index contributed by atoms with van der Waals surface area (Å²) < 4.78 is 0. The molecule has 0 fully saturated rings. The first-order valence-electron chi connectivity index (χ1n) is 11.1. The highest BCUT2D eigenvalue weighted by atomic mass is 35.5. The molecule has 0 bridgehead atoms. The lowest BCUT2D eigenvalue weighted by molar-refractivity contribution is -0.115. The van der Waals surface area contributed by atoms with E-state index in [2.05, 4.69) is 15.6 Å². The third-order valence-electron chi connectivity index (χ3n) is 5.20. The third kappa shape index (κ3) is 6.72. The van der Waals surface area contributed by atoms with Gasteiger partial charge in [-0.15, -0.1) is 23.1 Å². The lowest BCUT2D eigenvalue weighted by Crippen LogP contribution is -2.24. The van der Waals surface area contributed by atoms with E-state index in [0.29, 0.717) is 27.8 Å². The van der Waals surface area contributed by atoms with Crippen molar-refractivity contribution in [1.29, 1.82) is 0 Å². The molecular weight excluding hydrogens is 498 g/mol. The summed E-state index contributed by atoms with van der Waals surface area (Å²) >= 11 is 8.85. The lowest BCUT2D eigenvalue weighted by atomic mass is 10.1. The second-order valence-corrected chi connectivity index (χ2v) is 10.5. The first-order chi connectivity index (χ1) is 16.9. The van der Waals surface area contributed by atoms with Gasteiger partial charge in [-0.1, -0.05) is 60.5 Å². The molecule has 0 radical (unpaired) electrons. The number of hydrogen-bond acceptors (Lipinski definition) is 5. The molecule has 4 rings (SSSR count). The minimum atomic E-state index is -0.305. The zero-order valence-electron chi connectivity index (χ0n) is 19.2. The van der Waals surface area contributed by atoms with Gasteiger partial charge in [-0.25, -0.2) is 4.98 Å². The number of benzene rings is 3. The predicted molar refractivity (Wildman–Crippen MR) is 147 cm³/mol. The van der Waals surface area contributed by atoms with Crippen molar-refractivity contribution >= 4 is 57.3 Å². The van der Waals surface area contributed by atoms with Gasteiger partial charge in [-0.05, 0) is 49.7 Å². The number of amides is 2. The molecule has 5 nitrogen and oxygen atoms in total. The molecule has 0 aliphatic carbocycles. The fourth-order valence-corrected chi connectivity index (χ4v) is 5.27. The van der Waals surface area contributed by atoms with E-state index in [9.17, 15) is 9.59 Å².